The summed E-state index contributed by atoms with van der Waals surface area (Å²) in [5, 5.41) is 11.1. The van der Waals surface area contributed by atoms with E-state index in [9.17, 15) is 9.59 Å². The number of hydrogen-bond donors (Lipinski definition) is 2. The molecule has 0 aromatic carbocycles. The lowest BCUT2D eigenvalue weighted by Crippen LogP contribution is -2.41. The van der Waals surface area contributed by atoms with Crippen molar-refractivity contribution in [2.75, 3.05) is 0 Å². The summed E-state index contributed by atoms with van der Waals surface area (Å²) in [5.74, 6) is -1.03. The molecule has 2 heterocycles. The van der Waals surface area contributed by atoms with Crippen LogP contribution in [0.5, 0.6) is 0 Å². The van der Waals surface area contributed by atoms with E-state index in [2.05, 4.69) is 5.32 Å². The maximum Gasteiger partial charge on any atom is 0.277 e. The van der Waals surface area contributed by atoms with Crippen LogP contribution in [0.4, 0.5) is 0 Å². The number of fused-ring (bicyclic) bond motifs is 1. The van der Waals surface area contributed by atoms with Gasteiger partial charge in [-0.2, -0.15) is 0 Å². The van der Waals surface area contributed by atoms with E-state index in [1.807, 2.05) is 0 Å². The molecule has 0 radical (unpaired) electrons. The molecule has 0 bridgehead atoms. The molecule has 1 aromatic rings. The molecule has 4 nitrogen and oxygen atoms in total. The minimum atomic E-state index is -0.616. The fourth-order valence-electron chi connectivity index (χ4n) is 1.02. The molecular formula is C7H4N2O2S. The summed E-state index contributed by atoms with van der Waals surface area (Å²) in [6.45, 7) is 0. The number of hydrogen-bond acceptors (Lipinski definition) is 4. The summed E-state index contributed by atoms with van der Waals surface area (Å²) in [7, 11) is 0. The Morgan fingerprint density at radius 2 is 2.08 bits per heavy atom. The first kappa shape index (κ1) is 7.17. The van der Waals surface area contributed by atoms with E-state index >= 15 is 0 Å². The van der Waals surface area contributed by atoms with Crippen LogP contribution in [0.3, 0.4) is 0 Å². The molecule has 0 atom stereocenters. The van der Waals surface area contributed by atoms with Crippen LogP contribution in [0, 0.1) is 5.41 Å². The van der Waals surface area contributed by atoms with Crippen molar-refractivity contribution in [3.05, 3.63) is 21.9 Å². The van der Waals surface area contributed by atoms with Crippen molar-refractivity contribution in [1.29, 1.82) is 5.41 Å². The molecule has 1 aliphatic rings. The van der Waals surface area contributed by atoms with Crippen LogP contribution in [0.15, 0.2) is 11.4 Å². The average Bonchev–Trinajstić information content (AvgIpc) is 2.48. The van der Waals surface area contributed by atoms with Crippen molar-refractivity contribution in [2.45, 2.75) is 0 Å². The highest BCUT2D eigenvalue weighted by Crippen LogP contribution is 2.20. The van der Waals surface area contributed by atoms with E-state index < -0.39 is 11.8 Å². The standard InChI is InChI=1S/C7H4N2O2S/c8-4-5-3(1-2-12-5)6(10)9-7(4)11/h1-2,8H,(H,9,10,11). The van der Waals surface area contributed by atoms with Crippen molar-refractivity contribution in [3.63, 3.8) is 0 Å². The first-order chi connectivity index (χ1) is 5.70. The monoisotopic (exact) mass is 180 g/mol. The molecule has 1 aromatic heterocycles. The number of amides is 2. The van der Waals surface area contributed by atoms with Gasteiger partial charge < -0.3 is 0 Å². The molecule has 2 N–H and O–H groups in total. The first-order valence-corrected chi connectivity index (χ1v) is 4.10. The van der Waals surface area contributed by atoms with Crippen LogP contribution >= 0.6 is 11.3 Å². The van der Waals surface area contributed by atoms with Crippen LogP contribution < -0.4 is 5.32 Å². The van der Waals surface area contributed by atoms with Crippen molar-refractivity contribution in [2.24, 2.45) is 0 Å². The van der Waals surface area contributed by atoms with Crippen LogP contribution in [-0.4, -0.2) is 17.5 Å². The second-order valence-electron chi connectivity index (χ2n) is 2.32. The summed E-state index contributed by atoms with van der Waals surface area (Å²) in [4.78, 5) is 22.5. The third-order valence-corrected chi connectivity index (χ3v) is 2.52. The van der Waals surface area contributed by atoms with Gasteiger partial charge in [0.1, 0.15) is 5.71 Å². The van der Waals surface area contributed by atoms with E-state index in [0.717, 1.165) is 0 Å². The van der Waals surface area contributed by atoms with Crippen LogP contribution in [0.1, 0.15) is 15.2 Å². The molecule has 5 heteroatoms. The molecule has 0 unspecified atom stereocenters. The molecule has 2 amide bonds. The largest absolute Gasteiger partial charge is 0.294 e. The van der Waals surface area contributed by atoms with Crippen LogP contribution in [0.25, 0.3) is 0 Å². The molecule has 1 aliphatic heterocycles. The van der Waals surface area contributed by atoms with E-state index in [0.29, 0.717) is 10.4 Å². The topological polar surface area (TPSA) is 70.0 Å². The highest BCUT2D eigenvalue weighted by Gasteiger charge is 2.28. The van der Waals surface area contributed by atoms with Crippen molar-refractivity contribution >= 4 is 28.9 Å². The summed E-state index contributed by atoms with van der Waals surface area (Å²) < 4.78 is 0. The lowest BCUT2D eigenvalue weighted by molar-refractivity contribution is -0.114. The zero-order valence-corrected chi connectivity index (χ0v) is 6.70. The number of carbonyl (C=O) groups excluding carboxylic acids is 2. The molecule has 0 saturated heterocycles. The Hall–Kier alpha value is -1.49. The number of carbonyl (C=O) groups is 2. The predicted octanol–water partition coefficient (Wildman–Crippen LogP) is 0.386. The number of nitrogens with one attached hydrogen (secondary N) is 2. The zero-order chi connectivity index (χ0) is 8.72. The summed E-state index contributed by atoms with van der Waals surface area (Å²) in [5.41, 5.74) is 0.296. The highest BCUT2D eigenvalue weighted by atomic mass is 32.1. The molecule has 0 fully saturated rings. The van der Waals surface area contributed by atoms with Crippen molar-refractivity contribution < 1.29 is 9.59 Å². The Labute approximate surface area is 71.7 Å². The Kier molecular flexibility index (Phi) is 1.34. The Morgan fingerprint density at radius 1 is 1.33 bits per heavy atom. The molecule has 2 rings (SSSR count). The zero-order valence-electron chi connectivity index (χ0n) is 5.88. The summed E-state index contributed by atoms with van der Waals surface area (Å²) in [6.07, 6.45) is 0. The van der Waals surface area contributed by atoms with Gasteiger partial charge in [0.25, 0.3) is 11.8 Å². The van der Waals surface area contributed by atoms with E-state index in [1.54, 1.807) is 11.4 Å². The third-order valence-electron chi connectivity index (χ3n) is 1.59. The highest BCUT2D eigenvalue weighted by molar-refractivity contribution is 7.13. The first-order valence-electron chi connectivity index (χ1n) is 3.22. The van der Waals surface area contributed by atoms with Gasteiger partial charge in [0.05, 0.1) is 10.4 Å². The molecule has 0 aliphatic carbocycles. The molecule has 0 saturated carbocycles. The van der Waals surface area contributed by atoms with Gasteiger partial charge in [0.2, 0.25) is 0 Å². The molecular weight excluding hydrogens is 176 g/mol. The van der Waals surface area contributed by atoms with Gasteiger partial charge in [-0.25, -0.2) is 0 Å². The third kappa shape index (κ3) is 0.799. The number of thiophene rings is 1. The van der Waals surface area contributed by atoms with Crippen LogP contribution in [-0.2, 0) is 4.79 Å². The maximum absolute atomic E-state index is 11.1. The summed E-state index contributed by atoms with van der Waals surface area (Å²) in [6, 6.07) is 1.61. The van der Waals surface area contributed by atoms with Gasteiger partial charge in [0.15, 0.2) is 0 Å². The molecule has 0 spiro atoms. The van der Waals surface area contributed by atoms with Gasteiger partial charge in [-0.3, -0.25) is 20.3 Å². The number of imide groups is 1. The average molecular weight is 180 g/mol. The Morgan fingerprint density at radius 3 is 2.83 bits per heavy atom. The predicted molar refractivity (Wildman–Crippen MR) is 43.6 cm³/mol. The van der Waals surface area contributed by atoms with Gasteiger partial charge in [-0.15, -0.1) is 11.3 Å². The molecule has 12 heavy (non-hydrogen) atoms. The maximum atomic E-state index is 11.1. The van der Waals surface area contributed by atoms with E-state index in [4.69, 9.17) is 5.41 Å². The second kappa shape index (κ2) is 2.25. The SMILES string of the molecule is N=C1C(=O)NC(=O)c2ccsc21. The van der Waals surface area contributed by atoms with Gasteiger partial charge in [-0.1, -0.05) is 0 Å². The smallest absolute Gasteiger partial charge is 0.277 e. The summed E-state index contributed by atoms with van der Waals surface area (Å²) >= 11 is 1.23. The quantitative estimate of drug-likeness (QED) is 0.567. The Bertz CT molecular complexity index is 394. The second-order valence-corrected chi connectivity index (χ2v) is 3.24. The fraction of sp³-hybridized carbons (Fsp3) is 0. The normalized spacial score (nSPS) is 15.8. The van der Waals surface area contributed by atoms with Gasteiger partial charge >= 0.3 is 0 Å². The number of rotatable bonds is 0. The minimum absolute atomic E-state index is 0.125. The fourth-order valence-corrected chi connectivity index (χ4v) is 1.86. The minimum Gasteiger partial charge on any atom is -0.294 e. The van der Waals surface area contributed by atoms with E-state index in [-0.39, 0.29) is 5.71 Å². The Balaban J connectivity index is 2.64. The van der Waals surface area contributed by atoms with Crippen molar-refractivity contribution in [3.8, 4) is 0 Å². The lowest BCUT2D eigenvalue weighted by atomic mass is 10.1. The molecule has 60 valence electrons. The van der Waals surface area contributed by atoms with Crippen molar-refractivity contribution in [1.82, 2.24) is 5.32 Å². The van der Waals surface area contributed by atoms with Crippen LogP contribution in [0.2, 0.25) is 0 Å². The van der Waals surface area contributed by atoms with Gasteiger partial charge in [0, 0.05) is 0 Å². The lowest BCUT2D eigenvalue weighted by Gasteiger charge is -2.10. The van der Waals surface area contributed by atoms with Gasteiger partial charge in [-0.05, 0) is 11.4 Å². The van der Waals surface area contributed by atoms with E-state index in [1.165, 1.54) is 11.3 Å².